The molecule has 0 spiro atoms. The minimum Gasteiger partial charge on any atom is -0.458 e. The highest BCUT2D eigenvalue weighted by Gasteiger charge is 2.44. The summed E-state index contributed by atoms with van der Waals surface area (Å²) in [6.45, 7) is -0.305. The Morgan fingerprint density at radius 1 is 1.29 bits per heavy atom. The summed E-state index contributed by atoms with van der Waals surface area (Å²) in [6.07, 6.45) is -4.91. The van der Waals surface area contributed by atoms with Crippen molar-refractivity contribution in [3.05, 3.63) is 30.1 Å². The zero-order valence-electron chi connectivity index (χ0n) is 11.3. The van der Waals surface area contributed by atoms with E-state index in [0.717, 1.165) is 0 Å². The van der Waals surface area contributed by atoms with Crippen LogP contribution < -0.4 is 0 Å². The summed E-state index contributed by atoms with van der Waals surface area (Å²) in [5, 5.41) is 29.1. The predicted molar refractivity (Wildman–Crippen MR) is 68.2 cm³/mol. The molecule has 2 heterocycles. The summed E-state index contributed by atoms with van der Waals surface area (Å²) < 4.78 is 15.1. The lowest BCUT2D eigenvalue weighted by Crippen LogP contribution is -2.59. The monoisotopic (exact) mass is 299 g/mol. The molecule has 0 amide bonds. The van der Waals surface area contributed by atoms with E-state index < -0.39 is 36.7 Å². The van der Waals surface area contributed by atoms with E-state index in [4.69, 9.17) is 14.2 Å². The van der Waals surface area contributed by atoms with Crippen LogP contribution in [-0.4, -0.2) is 70.7 Å². The van der Waals surface area contributed by atoms with Crippen molar-refractivity contribution in [2.24, 2.45) is 0 Å². The average Bonchev–Trinajstić information content (AvgIpc) is 2.52. The summed E-state index contributed by atoms with van der Waals surface area (Å²) >= 11 is 0. The molecule has 1 fully saturated rings. The molecule has 3 N–H and O–H groups in total. The highest BCUT2D eigenvalue weighted by Crippen LogP contribution is 2.22. The second-order valence-electron chi connectivity index (χ2n) is 4.56. The van der Waals surface area contributed by atoms with Gasteiger partial charge in [0.1, 0.15) is 36.7 Å². The van der Waals surface area contributed by atoms with E-state index in [2.05, 4.69) is 4.98 Å². The number of ether oxygens (including phenoxy) is 3. The third-order valence-electron chi connectivity index (χ3n) is 3.15. The number of aromatic nitrogens is 1. The number of rotatable bonds is 4. The van der Waals surface area contributed by atoms with Gasteiger partial charge in [0.15, 0.2) is 6.29 Å². The van der Waals surface area contributed by atoms with Gasteiger partial charge in [-0.3, -0.25) is 0 Å². The van der Waals surface area contributed by atoms with E-state index in [9.17, 15) is 20.1 Å². The van der Waals surface area contributed by atoms with E-state index in [-0.39, 0.29) is 12.3 Å². The quantitative estimate of drug-likeness (QED) is 0.587. The van der Waals surface area contributed by atoms with Crippen molar-refractivity contribution in [2.45, 2.75) is 30.7 Å². The molecular formula is C13H17NO7. The molecule has 0 bridgehead atoms. The van der Waals surface area contributed by atoms with Gasteiger partial charge in [0, 0.05) is 13.3 Å². The normalized spacial score (nSPS) is 32.7. The fourth-order valence-electron chi connectivity index (χ4n) is 1.96. The third-order valence-corrected chi connectivity index (χ3v) is 3.15. The summed E-state index contributed by atoms with van der Waals surface area (Å²) in [6, 6.07) is 4.78. The largest absolute Gasteiger partial charge is 0.458 e. The van der Waals surface area contributed by atoms with Gasteiger partial charge >= 0.3 is 5.97 Å². The van der Waals surface area contributed by atoms with E-state index in [1.54, 1.807) is 12.1 Å². The Labute approximate surface area is 120 Å². The lowest BCUT2D eigenvalue weighted by Gasteiger charge is -2.39. The van der Waals surface area contributed by atoms with Crippen LogP contribution in [-0.2, 0) is 14.2 Å². The van der Waals surface area contributed by atoms with Crippen LogP contribution in [0.15, 0.2) is 24.4 Å². The summed E-state index contributed by atoms with van der Waals surface area (Å²) in [4.78, 5) is 15.6. The number of carbonyl (C=O) groups excluding carboxylic acids is 1. The molecule has 8 heteroatoms. The molecule has 116 valence electrons. The first-order valence-corrected chi connectivity index (χ1v) is 6.35. The number of aliphatic hydroxyl groups is 3. The molecule has 0 aromatic carbocycles. The molecule has 0 saturated carbocycles. The SMILES string of the molecule is CO[C@H]1O[C@H](COC(=O)c2ccccn2)[C@@H](O)[C@H](O)[C@H]1O. The summed E-state index contributed by atoms with van der Waals surface area (Å²) in [7, 11) is 1.29. The Bertz CT molecular complexity index is 467. The van der Waals surface area contributed by atoms with Gasteiger partial charge in [0.25, 0.3) is 0 Å². The van der Waals surface area contributed by atoms with Gasteiger partial charge in [-0.05, 0) is 12.1 Å². The minimum absolute atomic E-state index is 0.117. The van der Waals surface area contributed by atoms with Crippen LogP contribution in [0.4, 0.5) is 0 Å². The first-order valence-electron chi connectivity index (χ1n) is 6.35. The third kappa shape index (κ3) is 3.55. The molecule has 0 radical (unpaired) electrons. The standard InChI is InChI=1S/C13H17NO7/c1-19-13-11(17)10(16)9(15)8(21-13)6-20-12(18)7-4-2-3-5-14-7/h2-5,8-11,13,15-17H,6H2,1H3/t8-,9-,10+,11-,13+/m1/s1. The second kappa shape index (κ2) is 6.92. The number of nitrogens with zero attached hydrogens (tertiary/aromatic N) is 1. The summed E-state index contributed by atoms with van der Waals surface area (Å²) in [5.74, 6) is -0.680. The van der Waals surface area contributed by atoms with Crippen LogP contribution in [0.3, 0.4) is 0 Å². The molecule has 0 aliphatic carbocycles. The van der Waals surface area contributed by atoms with Gasteiger partial charge in [-0.2, -0.15) is 0 Å². The number of aliphatic hydroxyl groups excluding tert-OH is 3. The van der Waals surface area contributed by atoms with E-state index in [1.807, 2.05) is 0 Å². The first kappa shape index (κ1) is 15.8. The van der Waals surface area contributed by atoms with E-state index >= 15 is 0 Å². The van der Waals surface area contributed by atoms with E-state index in [1.165, 1.54) is 19.4 Å². The second-order valence-corrected chi connectivity index (χ2v) is 4.56. The zero-order valence-corrected chi connectivity index (χ0v) is 11.3. The molecule has 8 nitrogen and oxygen atoms in total. The molecule has 1 aliphatic rings. The van der Waals surface area contributed by atoms with Crippen molar-refractivity contribution in [3.8, 4) is 0 Å². The number of methoxy groups -OCH3 is 1. The minimum atomic E-state index is -1.46. The maximum absolute atomic E-state index is 11.7. The average molecular weight is 299 g/mol. The van der Waals surface area contributed by atoms with Crippen molar-refractivity contribution >= 4 is 5.97 Å². The van der Waals surface area contributed by atoms with Crippen LogP contribution in [0.5, 0.6) is 0 Å². The van der Waals surface area contributed by atoms with Crippen molar-refractivity contribution in [1.82, 2.24) is 4.98 Å². The Morgan fingerprint density at radius 2 is 2.05 bits per heavy atom. The van der Waals surface area contributed by atoms with Crippen LogP contribution in [0.2, 0.25) is 0 Å². The van der Waals surface area contributed by atoms with Gasteiger partial charge in [-0.25, -0.2) is 9.78 Å². The Balaban J connectivity index is 1.94. The number of pyridine rings is 1. The van der Waals surface area contributed by atoms with Crippen LogP contribution in [0.25, 0.3) is 0 Å². The maximum atomic E-state index is 11.7. The number of hydrogen-bond donors (Lipinski definition) is 3. The maximum Gasteiger partial charge on any atom is 0.357 e. The Kier molecular flexibility index (Phi) is 5.21. The van der Waals surface area contributed by atoms with Gasteiger partial charge < -0.3 is 29.5 Å². The number of carbonyl (C=O) groups is 1. The number of hydrogen-bond acceptors (Lipinski definition) is 8. The predicted octanol–water partition coefficient (Wildman–Crippen LogP) is -1.31. The molecule has 0 unspecified atom stereocenters. The highest BCUT2D eigenvalue weighted by molar-refractivity contribution is 5.87. The molecule has 21 heavy (non-hydrogen) atoms. The van der Waals surface area contributed by atoms with Gasteiger partial charge in [-0.15, -0.1) is 0 Å². The smallest absolute Gasteiger partial charge is 0.357 e. The molecule has 1 aromatic rings. The van der Waals surface area contributed by atoms with Gasteiger partial charge in [0.2, 0.25) is 0 Å². The Hall–Kier alpha value is -1.58. The molecule has 2 rings (SSSR count). The van der Waals surface area contributed by atoms with Crippen LogP contribution in [0.1, 0.15) is 10.5 Å². The topological polar surface area (TPSA) is 118 Å². The summed E-state index contributed by atoms with van der Waals surface area (Å²) in [5.41, 5.74) is 0.117. The molecule has 5 atom stereocenters. The van der Waals surface area contributed by atoms with Crippen molar-refractivity contribution < 1.29 is 34.3 Å². The zero-order chi connectivity index (χ0) is 15.4. The lowest BCUT2D eigenvalue weighted by atomic mass is 9.99. The first-order chi connectivity index (χ1) is 10.0. The molecule has 1 aliphatic heterocycles. The van der Waals surface area contributed by atoms with Crippen molar-refractivity contribution in [3.63, 3.8) is 0 Å². The fourth-order valence-corrected chi connectivity index (χ4v) is 1.96. The van der Waals surface area contributed by atoms with Crippen LogP contribution >= 0.6 is 0 Å². The number of esters is 1. The fraction of sp³-hybridized carbons (Fsp3) is 0.538. The van der Waals surface area contributed by atoms with Gasteiger partial charge in [0.05, 0.1) is 0 Å². The highest BCUT2D eigenvalue weighted by atomic mass is 16.7. The van der Waals surface area contributed by atoms with Crippen molar-refractivity contribution in [1.29, 1.82) is 0 Å². The molecular weight excluding hydrogens is 282 g/mol. The van der Waals surface area contributed by atoms with Crippen LogP contribution in [0, 0.1) is 0 Å². The lowest BCUT2D eigenvalue weighted by molar-refractivity contribution is -0.294. The van der Waals surface area contributed by atoms with Crippen molar-refractivity contribution in [2.75, 3.05) is 13.7 Å². The van der Waals surface area contributed by atoms with Gasteiger partial charge in [-0.1, -0.05) is 6.07 Å². The van der Waals surface area contributed by atoms with E-state index in [0.29, 0.717) is 0 Å². The Morgan fingerprint density at radius 3 is 2.67 bits per heavy atom. The molecule has 1 aromatic heterocycles. The molecule has 1 saturated heterocycles.